The third kappa shape index (κ3) is 2.00. The van der Waals surface area contributed by atoms with Gasteiger partial charge in [0, 0.05) is 18.8 Å². The SMILES string of the molecule is NCCc1noc(Cn2cccc2)n1. The molecule has 2 rings (SSSR count). The first-order chi connectivity index (χ1) is 6.88. The van der Waals surface area contributed by atoms with Gasteiger partial charge in [-0.25, -0.2) is 0 Å². The van der Waals surface area contributed by atoms with Gasteiger partial charge in [-0.2, -0.15) is 4.98 Å². The third-order valence-corrected chi connectivity index (χ3v) is 1.86. The molecular formula is C9H12N4O. The minimum Gasteiger partial charge on any atom is -0.345 e. The Balaban J connectivity index is 2.03. The van der Waals surface area contributed by atoms with E-state index in [-0.39, 0.29) is 0 Å². The lowest BCUT2D eigenvalue weighted by atomic mass is 10.4. The van der Waals surface area contributed by atoms with E-state index in [2.05, 4.69) is 10.1 Å². The van der Waals surface area contributed by atoms with Crippen molar-refractivity contribution in [1.82, 2.24) is 14.7 Å². The van der Waals surface area contributed by atoms with Crippen molar-refractivity contribution in [3.05, 3.63) is 36.2 Å². The largest absolute Gasteiger partial charge is 0.345 e. The predicted molar refractivity (Wildman–Crippen MR) is 50.6 cm³/mol. The van der Waals surface area contributed by atoms with Crippen LogP contribution in [0.1, 0.15) is 11.7 Å². The van der Waals surface area contributed by atoms with Crippen molar-refractivity contribution < 1.29 is 4.52 Å². The quantitative estimate of drug-likeness (QED) is 0.762. The summed E-state index contributed by atoms with van der Waals surface area (Å²) in [6, 6.07) is 3.91. The van der Waals surface area contributed by atoms with Gasteiger partial charge in [-0.15, -0.1) is 0 Å². The monoisotopic (exact) mass is 192 g/mol. The lowest BCUT2D eigenvalue weighted by Crippen LogP contribution is -2.04. The molecule has 0 saturated heterocycles. The van der Waals surface area contributed by atoms with Gasteiger partial charge in [0.25, 0.3) is 0 Å². The van der Waals surface area contributed by atoms with Gasteiger partial charge in [0.1, 0.15) is 6.54 Å². The summed E-state index contributed by atoms with van der Waals surface area (Å²) in [4.78, 5) is 4.20. The maximum absolute atomic E-state index is 5.38. The molecule has 14 heavy (non-hydrogen) atoms. The maximum atomic E-state index is 5.38. The molecule has 0 unspecified atom stereocenters. The molecule has 0 bridgehead atoms. The van der Waals surface area contributed by atoms with Crippen LogP contribution in [0.15, 0.2) is 29.0 Å². The van der Waals surface area contributed by atoms with E-state index in [4.69, 9.17) is 10.3 Å². The molecule has 2 N–H and O–H groups in total. The van der Waals surface area contributed by atoms with Crippen LogP contribution < -0.4 is 5.73 Å². The topological polar surface area (TPSA) is 69.9 Å². The highest BCUT2D eigenvalue weighted by Gasteiger charge is 2.04. The Morgan fingerprint density at radius 3 is 2.86 bits per heavy atom. The molecule has 0 aliphatic rings. The first-order valence-electron chi connectivity index (χ1n) is 4.51. The number of hydrogen-bond donors (Lipinski definition) is 1. The highest BCUT2D eigenvalue weighted by molar-refractivity contribution is 4.94. The lowest BCUT2D eigenvalue weighted by molar-refractivity contribution is 0.366. The summed E-state index contributed by atoms with van der Waals surface area (Å²) in [7, 11) is 0. The second kappa shape index (κ2) is 4.06. The van der Waals surface area contributed by atoms with Crippen LogP contribution in [0.3, 0.4) is 0 Å². The standard InChI is InChI=1S/C9H12N4O/c10-4-3-8-11-9(14-12-8)7-13-5-1-2-6-13/h1-2,5-6H,3-4,7,10H2. The predicted octanol–water partition coefficient (Wildman–Crippen LogP) is 0.421. The van der Waals surface area contributed by atoms with E-state index >= 15 is 0 Å². The molecule has 0 aliphatic heterocycles. The van der Waals surface area contributed by atoms with Gasteiger partial charge in [-0.05, 0) is 18.7 Å². The van der Waals surface area contributed by atoms with E-state index < -0.39 is 0 Å². The summed E-state index contributed by atoms with van der Waals surface area (Å²) in [5.41, 5.74) is 5.38. The Morgan fingerprint density at radius 2 is 2.14 bits per heavy atom. The van der Waals surface area contributed by atoms with Gasteiger partial charge < -0.3 is 14.8 Å². The zero-order chi connectivity index (χ0) is 9.80. The Bertz CT molecular complexity index is 379. The Labute approximate surface area is 81.5 Å². The molecular weight excluding hydrogens is 180 g/mol. The molecule has 0 saturated carbocycles. The van der Waals surface area contributed by atoms with Crippen LogP contribution in [0.25, 0.3) is 0 Å². The smallest absolute Gasteiger partial charge is 0.246 e. The van der Waals surface area contributed by atoms with Gasteiger partial charge >= 0.3 is 0 Å². The summed E-state index contributed by atoms with van der Waals surface area (Å²) < 4.78 is 7.02. The zero-order valence-electron chi connectivity index (χ0n) is 7.76. The fourth-order valence-corrected chi connectivity index (χ4v) is 1.22. The molecule has 5 heteroatoms. The third-order valence-electron chi connectivity index (χ3n) is 1.86. The van der Waals surface area contributed by atoms with Crippen LogP contribution >= 0.6 is 0 Å². The summed E-state index contributed by atoms with van der Waals surface area (Å²) in [5.74, 6) is 1.29. The molecule has 74 valence electrons. The first kappa shape index (κ1) is 8.96. The number of nitrogens with two attached hydrogens (primary N) is 1. The van der Waals surface area contributed by atoms with Crippen LogP contribution in [0.2, 0.25) is 0 Å². The number of rotatable bonds is 4. The van der Waals surface area contributed by atoms with E-state index in [1.54, 1.807) is 0 Å². The molecule has 0 aromatic carbocycles. The first-order valence-corrected chi connectivity index (χ1v) is 4.51. The molecule has 2 aromatic heterocycles. The highest BCUT2D eigenvalue weighted by Crippen LogP contribution is 2.01. The van der Waals surface area contributed by atoms with Gasteiger partial charge in [-0.3, -0.25) is 0 Å². The fraction of sp³-hybridized carbons (Fsp3) is 0.333. The normalized spacial score (nSPS) is 10.6. The van der Waals surface area contributed by atoms with Crippen molar-refractivity contribution in [3.63, 3.8) is 0 Å². The summed E-state index contributed by atoms with van der Waals surface area (Å²) in [5, 5.41) is 3.81. The van der Waals surface area contributed by atoms with Crippen molar-refractivity contribution >= 4 is 0 Å². The molecule has 5 nitrogen and oxygen atoms in total. The number of hydrogen-bond acceptors (Lipinski definition) is 4. The second-order valence-corrected chi connectivity index (χ2v) is 3.00. The van der Waals surface area contributed by atoms with E-state index in [0.717, 1.165) is 0 Å². The molecule has 0 aliphatic carbocycles. The van der Waals surface area contributed by atoms with Gasteiger partial charge in [0.05, 0.1) is 0 Å². The average molecular weight is 192 g/mol. The number of nitrogens with zero attached hydrogens (tertiary/aromatic N) is 3. The van der Waals surface area contributed by atoms with Gasteiger partial charge in [0.15, 0.2) is 5.82 Å². The second-order valence-electron chi connectivity index (χ2n) is 3.00. The molecule has 0 amide bonds. The average Bonchev–Trinajstić information content (AvgIpc) is 2.79. The van der Waals surface area contributed by atoms with Crippen LogP contribution in [0.4, 0.5) is 0 Å². The minimum atomic E-state index is 0.544. The van der Waals surface area contributed by atoms with Crippen LogP contribution in [0, 0.1) is 0 Å². The Morgan fingerprint density at radius 1 is 1.36 bits per heavy atom. The van der Waals surface area contributed by atoms with Gasteiger partial charge in [-0.1, -0.05) is 5.16 Å². The maximum Gasteiger partial charge on any atom is 0.246 e. The highest BCUT2D eigenvalue weighted by atomic mass is 16.5. The summed E-state index contributed by atoms with van der Waals surface area (Å²) in [6.07, 6.45) is 4.56. The Hall–Kier alpha value is -1.62. The molecule has 0 atom stereocenters. The van der Waals surface area contributed by atoms with E-state index in [1.807, 2.05) is 29.1 Å². The van der Waals surface area contributed by atoms with Gasteiger partial charge in [0.2, 0.25) is 5.89 Å². The zero-order valence-corrected chi connectivity index (χ0v) is 7.76. The fourth-order valence-electron chi connectivity index (χ4n) is 1.22. The number of aromatic nitrogens is 3. The lowest BCUT2D eigenvalue weighted by Gasteiger charge is -1.94. The van der Waals surface area contributed by atoms with E-state index in [9.17, 15) is 0 Å². The van der Waals surface area contributed by atoms with Crippen molar-refractivity contribution in [2.24, 2.45) is 5.73 Å². The van der Waals surface area contributed by atoms with Crippen molar-refractivity contribution in [3.8, 4) is 0 Å². The summed E-state index contributed by atoms with van der Waals surface area (Å²) in [6.45, 7) is 1.16. The van der Waals surface area contributed by atoms with E-state index in [0.29, 0.717) is 31.2 Å². The molecule has 0 fully saturated rings. The molecule has 2 heterocycles. The van der Waals surface area contributed by atoms with Crippen LogP contribution in [-0.2, 0) is 13.0 Å². The van der Waals surface area contributed by atoms with Crippen molar-refractivity contribution in [2.75, 3.05) is 6.54 Å². The van der Waals surface area contributed by atoms with Crippen LogP contribution in [0.5, 0.6) is 0 Å². The minimum absolute atomic E-state index is 0.544. The molecule has 0 spiro atoms. The van der Waals surface area contributed by atoms with Crippen molar-refractivity contribution in [2.45, 2.75) is 13.0 Å². The Kier molecular flexibility index (Phi) is 2.60. The molecule has 0 radical (unpaired) electrons. The van der Waals surface area contributed by atoms with E-state index in [1.165, 1.54) is 0 Å². The molecule has 2 aromatic rings. The van der Waals surface area contributed by atoms with Crippen molar-refractivity contribution in [1.29, 1.82) is 0 Å². The summed E-state index contributed by atoms with van der Waals surface area (Å²) >= 11 is 0. The van der Waals surface area contributed by atoms with Crippen LogP contribution in [-0.4, -0.2) is 21.3 Å².